The third-order valence-electron chi connectivity index (χ3n) is 12.6. The lowest BCUT2D eigenvalue weighted by molar-refractivity contribution is -0.201. The molecule has 3 saturated heterocycles. The highest BCUT2D eigenvalue weighted by molar-refractivity contribution is 5.91. The van der Waals surface area contributed by atoms with Gasteiger partial charge in [0.25, 0.3) is 0 Å². The molecule has 4 aliphatic carbocycles. The second-order valence-corrected chi connectivity index (χ2v) is 13.6. The second-order valence-electron chi connectivity index (χ2n) is 13.6. The molecule has 0 radical (unpaired) electrons. The molecule has 12 atom stereocenters. The number of ketones is 1. The molecule has 1 spiro atoms. The first-order valence-corrected chi connectivity index (χ1v) is 13.9. The number of methoxy groups -OCH3 is 1. The summed E-state index contributed by atoms with van der Waals surface area (Å²) < 4.78 is 24.4. The Morgan fingerprint density at radius 2 is 1.74 bits per heavy atom. The van der Waals surface area contributed by atoms with Crippen molar-refractivity contribution >= 4 is 11.8 Å². The fourth-order valence-corrected chi connectivity index (χ4v) is 10.5. The molecule has 0 amide bonds. The number of epoxide rings is 1. The number of hydrogen-bond donors (Lipinski definition) is 0. The third kappa shape index (κ3) is 2.67. The summed E-state index contributed by atoms with van der Waals surface area (Å²) in [5, 5.41) is 0. The average molecular weight is 485 g/mol. The van der Waals surface area contributed by atoms with Gasteiger partial charge in [-0.15, -0.1) is 0 Å². The van der Waals surface area contributed by atoms with Crippen molar-refractivity contribution in [2.45, 2.75) is 102 Å². The van der Waals surface area contributed by atoms with Gasteiger partial charge < -0.3 is 18.9 Å². The molecule has 192 valence electrons. The standard InChI is InChI=1S/C29H40O6/c1-15-25(31)34-22-13-27(15,3)33-14-18(22)20-7-6-19-17-11-24-29(35-24)12-16(32-5)10-23(30)28(29,4)21(17)8-9-26(19,20)2/h16-22,24H,1,6-14H2,2-5H3/t16-,17-,18-,19-,20+,21-,22+,24+,26-,27+,28-,29+/m0/s1. The highest BCUT2D eigenvalue weighted by Crippen LogP contribution is 2.74. The molecular formula is C29H40O6. The number of fused-ring (bicyclic) bond motifs is 6. The molecular weight excluding hydrogens is 444 g/mol. The zero-order valence-corrected chi connectivity index (χ0v) is 21.6. The Kier molecular flexibility index (Phi) is 4.58. The lowest BCUT2D eigenvalue weighted by Crippen LogP contribution is -2.63. The first-order chi connectivity index (χ1) is 16.6. The van der Waals surface area contributed by atoms with E-state index in [1.807, 2.05) is 6.92 Å². The maximum atomic E-state index is 13.7. The van der Waals surface area contributed by atoms with Gasteiger partial charge in [0.1, 0.15) is 23.1 Å². The molecule has 0 aromatic carbocycles. The van der Waals surface area contributed by atoms with E-state index in [1.165, 1.54) is 6.42 Å². The second kappa shape index (κ2) is 6.99. The lowest BCUT2D eigenvalue weighted by atomic mass is 9.44. The van der Waals surface area contributed by atoms with Crippen LogP contribution in [-0.4, -0.2) is 55.0 Å². The fourth-order valence-electron chi connectivity index (χ4n) is 10.5. The Morgan fingerprint density at radius 1 is 1.00 bits per heavy atom. The SMILES string of the molecule is C=C1C(=O)O[C@@H]2C[C@@]1(C)OC[C@H]2[C@H]1CC[C@H]2[C@@H]3C[C@H]4O[C@]45C[C@@H](OC)CC(=O)[C@]5(C)[C@H]3CC[C@]12C. The van der Waals surface area contributed by atoms with Crippen LogP contribution < -0.4 is 0 Å². The Bertz CT molecular complexity index is 1010. The van der Waals surface area contributed by atoms with Crippen molar-refractivity contribution in [2.24, 2.45) is 40.4 Å². The van der Waals surface area contributed by atoms with Crippen LogP contribution in [0.25, 0.3) is 0 Å². The third-order valence-corrected chi connectivity index (χ3v) is 12.6. The molecule has 4 saturated carbocycles. The van der Waals surface area contributed by atoms with E-state index in [9.17, 15) is 9.59 Å². The van der Waals surface area contributed by atoms with Gasteiger partial charge in [0, 0.05) is 32.3 Å². The minimum Gasteiger partial charge on any atom is -0.458 e. The van der Waals surface area contributed by atoms with E-state index in [4.69, 9.17) is 18.9 Å². The number of esters is 1. The summed E-state index contributed by atoms with van der Waals surface area (Å²) in [6, 6.07) is 0. The van der Waals surface area contributed by atoms with Crippen LogP contribution in [0, 0.1) is 40.4 Å². The van der Waals surface area contributed by atoms with Gasteiger partial charge >= 0.3 is 5.97 Å². The predicted molar refractivity (Wildman–Crippen MR) is 127 cm³/mol. The van der Waals surface area contributed by atoms with Gasteiger partial charge in [0.15, 0.2) is 0 Å². The van der Waals surface area contributed by atoms with Crippen LogP contribution in [0.3, 0.4) is 0 Å². The van der Waals surface area contributed by atoms with Gasteiger partial charge in [0.2, 0.25) is 0 Å². The van der Waals surface area contributed by atoms with Gasteiger partial charge in [-0.3, -0.25) is 4.79 Å². The molecule has 2 bridgehead atoms. The summed E-state index contributed by atoms with van der Waals surface area (Å²) in [6.07, 6.45) is 7.83. The van der Waals surface area contributed by atoms with Crippen molar-refractivity contribution in [3.63, 3.8) is 0 Å². The normalized spacial score (nSPS) is 58.6. The topological polar surface area (TPSA) is 74.4 Å². The summed E-state index contributed by atoms with van der Waals surface area (Å²) in [5.74, 6) is 2.29. The van der Waals surface area contributed by atoms with Crippen LogP contribution in [0.1, 0.15) is 72.1 Å². The van der Waals surface area contributed by atoms with Gasteiger partial charge in [0.05, 0.1) is 29.8 Å². The van der Waals surface area contributed by atoms with Crippen LogP contribution in [0.5, 0.6) is 0 Å². The van der Waals surface area contributed by atoms with Crippen molar-refractivity contribution in [1.82, 2.24) is 0 Å². The number of Topliss-reactive ketones (excluding diaryl/α,β-unsaturated/α-hetero) is 1. The van der Waals surface area contributed by atoms with Crippen LogP contribution in [-0.2, 0) is 28.5 Å². The van der Waals surface area contributed by atoms with Crippen LogP contribution in [0.4, 0.5) is 0 Å². The largest absolute Gasteiger partial charge is 0.458 e. The summed E-state index contributed by atoms with van der Waals surface area (Å²) >= 11 is 0. The Hall–Kier alpha value is -1.24. The van der Waals surface area contributed by atoms with E-state index in [2.05, 4.69) is 20.4 Å². The molecule has 35 heavy (non-hydrogen) atoms. The number of rotatable bonds is 2. The Morgan fingerprint density at radius 3 is 2.49 bits per heavy atom. The van der Waals surface area contributed by atoms with E-state index in [-0.39, 0.29) is 46.6 Å². The summed E-state index contributed by atoms with van der Waals surface area (Å²) in [7, 11) is 1.72. The molecule has 7 fully saturated rings. The zero-order valence-electron chi connectivity index (χ0n) is 21.6. The van der Waals surface area contributed by atoms with E-state index in [0.29, 0.717) is 48.1 Å². The first-order valence-electron chi connectivity index (χ1n) is 13.9. The number of ether oxygens (including phenoxy) is 4. The fraction of sp³-hybridized carbons (Fsp3) is 0.862. The van der Waals surface area contributed by atoms with Crippen molar-refractivity contribution in [3.05, 3.63) is 12.2 Å². The van der Waals surface area contributed by atoms with E-state index in [0.717, 1.165) is 38.5 Å². The molecule has 3 aliphatic heterocycles. The summed E-state index contributed by atoms with van der Waals surface area (Å²) in [6.45, 7) is 11.3. The number of carbonyl (C=O) groups excluding carboxylic acids is 2. The van der Waals surface area contributed by atoms with Crippen molar-refractivity contribution in [1.29, 1.82) is 0 Å². The van der Waals surface area contributed by atoms with E-state index >= 15 is 0 Å². The van der Waals surface area contributed by atoms with Gasteiger partial charge in [-0.1, -0.05) is 13.5 Å². The highest BCUT2D eigenvalue weighted by atomic mass is 16.6. The van der Waals surface area contributed by atoms with Crippen LogP contribution >= 0.6 is 0 Å². The molecule has 7 rings (SSSR count). The van der Waals surface area contributed by atoms with Crippen LogP contribution in [0.15, 0.2) is 12.2 Å². The smallest absolute Gasteiger partial charge is 0.336 e. The predicted octanol–water partition coefficient (Wildman–Crippen LogP) is 4.25. The molecule has 6 heteroatoms. The molecule has 3 heterocycles. The quantitative estimate of drug-likeness (QED) is 0.331. The molecule has 0 unspecified atom stereocenters. The average Bonchev–Trinajstić information content (AvgIpc) is 3.41. The van der Waals surface area contributed by atoms with E-state index < -0.39 is 5.60 Å². The Balaban J connectivity index is 1.17. The molecule has 7 aliphatic rings. The monoisotopic (exact) mass is 484 g/mol. The minimum absolute atomic E-state index is 0.00638. The lowest BCUT2D eigenvalue weighted by Gasteiger charge is -2.59. The molecule has 0 N–H and O–H groups in total. The zero-order chi connectivity index (χ0) is 24.5. The molecule has 0 aromatic heterocycles. The van der Waals surface area contributed by atoms with Crippen molar-refractivity contribution in [3.8, 4) is 0 Å². The summed E-state index contributed by atoms with van der Waals surface area (Å²) in [4.78, 5) is 26.2. The summed E-state index contributed by atoms with van der Waals surface area (Å²) in [5.41, 5.74) is -0.624. The first kappa shape index (κ1) is 22.9. The van der Waals surface area contributed by atoms with Gasteiger partial charge in [-0.25, -0.2) is 4.79 Å². The molecule has 0 aromatic rings. The van der Waals surface area contributed by atoms with Crippen molar-refractivity contribution < 1.29 is 28.5 Å². The molecule has 6 nitrogen and oxygen atoms in total. The van der Waals surface area contributed by atoms with E-state index in [1.54, 1.807) is 7.11 Å². The van der Waals surface area contributed by atoms with Gasteiger partial charge in [-0.2, -0.15) is 0 Å². The van der Waals surface area contributed by atoms with Gasteiger partial charge in [-0.05, 0) is 75.0 Å². The maximum absolute atomic E-state index is 13.7. The number of carbonyl (C=O) groups is 2. The van der Waals surface area contributed by atoms with Crippen LogP contribution in [0.2, 0.25) is 0 Å². The highest BCUT2D eigenvalue weighted by Gasteiger charge is 2.79. The number of hydrogen-bond acceptors (Lipinski definition) is 6. The minimum atomic E-state index is -0.584. The van der Waals surface area contributed by atoms with Crippen molar-refractivity contribution in [2.75, 3.05) is 13.7 Å². The Labute approximate surface area is 208 Å². The maximum Gasteiger partial charge on any atom is 0.336 e.